The minimum atomic E-state index is 0.721. The molecular formula is C17H34N2. The predicted octanol–water partition coefficient (Wildman–Crippen LogP) is 3.38. The van der Waals surface area contributed by atoms with Crippen molar-refractivity contribution < 1.29 is 0 Å². The van der Waals surface area contributed by atoms with Gasteiger partial charge in [0, 0.05) is 18.6 Å². The molecule has 0 heterocycles. The van der Waals surface area contributed by atoms with Crippen LogP contribution >= 0.6 is 0 Å². The van der Waals surface area contributed by atoms with Crippen LogP contribution < -0.4 is 5.32 Å². The van der Waals surface area contributed by atoms with E-state index in [1.165, 1.54) is 32.2 Å². The van der Waals surface area contributed by atoms with Gasteiger partial charge < -0.3 is 10.2 Å². The first-order chi connectivity index (χ1) is 9.02. The highest BCUT2D eigenvalue weighted by Crippen LogP contribution is 2.40. The highest BCUT2D eigenvalue weighted by Gasteiger charge is 2.38. The maximum absolute atomic E-state index is 3.74. The van der Waals surface area contributed by atoms with Crippen molar-refractivity contribution >= 4 is 0 Å². The molecule has 2 saturated carbocycles. The fourth-order valence-corrected chi connectivity index (χ4v) is 3.93. The Balaban J connectivity index is 1.93. The highest BCUT2D eigenvalue weighted by atomic mass is 15.2. The van der Waals surface area contributed by atoms with Crippen LogP contribution in [0.15, 0.2) is 0 Å². The fourth-order valence-electron chi connectivity index (χ4n) is 3.93. The molecule has 0 aromatic rings. The molecule has 2 nitrogen and oxygen atoms in total. The van der Waals surface area contributed by atoms with Gasteiger partial charge in [-0.2, -0.15) is 0 Å². The van der Waals surface area contributed by atoms with E-state index in [1.807, 2.05) is 0 Å². The summed E-state index contributed by atoms with van der Waals surface area (Å²) in [5.41, 5.74) is 0. The number of nitrogens with zero attached hydrogens (tertiary/aromatic N) is 1. The molecule has 1 N–H and O–H groups in total. The number of likely N-dealkylation sites (N-methyl/N-ethyl adjacent to an activating group) is 2. The summed E-state index contributed by atoms with van der Waals surface area (Å²) in [5.74, 6) is 3.73. The molecule has 2 aliphatic rings. The van der Waals surface area contributed by atoms with Crippen LogP contribution in [0.2, 0.25) is 0 Å². The molecule has 19 heavy (non-hydrogen) atoms. The second kappa shape index (κ2) is 6.58. The van der Waals surface area contributed by atoms with Gasteiger partial charge in [0.25, 0.3) is 0 Å². The van der Waals surface area contributed by atoms with Gasteiger partial charge in [0.2, 0.25) is 0 Å². The number of rotatable bonds is 6. The van der Waals surface area contributed by atoms with E-state index in [-0.39, 0.29) is 0 Å². The van der Waals surface area contributed by atoms with E-state index in [0.717, 1.165) is 42.3 Å². The average molecular weight is 266 g/mol. The Hall–Kier alpha value is -0.0800. The maximum Gasteiger partial charge on any atom is 0.0249 e. The third-order valence-corrected chi connectivity index (χ3v) is 5.63. The van der Waals surface area contributed by atoms with Gasteiger partial charge in [0.15, 0.2) is 0 Å². The SMILES string of the molecule is CCNC1CCC(C(C)C)CC1N(C)CC1CC1C. The standard InChI is InChI=1S/C17H34N2/c1-6-18-16-8-7-14(12(2)3)10-17(16)19(5)11-15-9-13(15)4/h12-18H,6-11H2,1-5H3. The molecule has 0 aliphatic heterocycles. The second-order valence-corrected chi connectivity index (χ2v) is 7.46. The lowest BCUT2D eigenvalue weighted by Gasteiger charge is -2.43. The fraction of sp³-hybridized carbons (Fsp3) is 1.00. The molecule has 2 rings (SSSR count). The van der Waals surface area contributed by atoms with Crippen LogP contribution in [-0.2, 0) is 0 Å². The van der Waals surface area contributed by atoms with Gasteiger partial charge in [-0.3, -0.25) is 0 Å². The molecule has 0 bridgehead atoms. The Morgan fingerprint density at radius 2 is 1.89 bits per heavy atom. The molecule has 0 radical (unpaired) electrons. The molecular weight excluding hydrogens is 232 g/mol. The van der Waals surface area contributed by atoms with Crippen molar-refractivity contribution in [2.24, 2.45) is 23.7 Å². The van der Waals surface area contributed by atoms with E-state index < -0.39 is 0 Å². The van der Waals surface area contributed by atoms with Gasteiger partial charge >= 0.3 is 0 Å². The van der Waals surface area contributed by atoms with Crippen LogP contribution in [0.4, 0.5) is 0 Å². The van der Waals surface area contributed by atoms with Gasteiger partial charge in [-0.25, -0.2) is 0 Å². The summed E-state index contributed by atoms with van der Waals surface area (Å²) in [6.07, 6.45) is 5.63. The minimum Gasteiger partial charge on any atom is -0.313 e. The molecule has 5 unspecified atom stereocenters. The van der Waals surface area contributed by atoms with Crippen molar-refractivity contribution in [1.82, 2.24) is 10.2 Å². The van der Waals surface area contributed by atoms with Crippen LogP contribution in [0.3, 0.4) is 0 Å². The monoisotopic (exact) mass is 266 g/mol. The summed E-state index contributed by atoms with van der Waals surface area (Å²) >= 11 is 0. The second-order valence-electron chi connectivity index (χ2n) is 7.46. The zero-order chi connectivity index (χ0) is 14.0. The van der Waals surface area contributed by atoms with E-state index in [1.54, 1.807) is 0 Å². The minimum absolute atomic E-state index is 0.721. The van der Waals surface area contributed by atoms with E-state index in [9.17, 15) is 0 Å². The largest absolute Gasteiger partial charge is 0.313 e. The highest BCUT2D eigenvalue weighted by molar-refractivity contribution is 4.93. The van der Waals surface area contributed by atoms with Crippen LogP contribution in [0.1, 0.15) is 53.4 Å². The van der Waals surface area contributed by atoms with Crippen molar-refractivity contribution in [3.05, 3.63) is 0 Å². The lowest BCUT2D eigenvalue weighted by molar-refractivity contribution is 0.0988. The van der Waals surface area contributed by atoms with Crippen molar-refractivity contribution in [1.29, 1.82) is 0 Å². The summed E-state index contributed by atoms with van der Waals surface area (Å²) in [5, 5.41) is 3.74. The van der Waals surface area contributed by atoms with E-state index in [2.05, 4.69) is 45.0 Å². The third kappa shape index (κ3) is 3.95. The van der Waals surface area contributed by atoms with E-state index >= 15 is 0 Å². The summed E-state index contributed by atoms with van der Waals surface area (Å²) < 4.78 is 0. The molecule has 0 aromatic heterocycles. The molecule has 5 atom stereocenters. The Bertz CT molecular complexity index is 276. The van der Waals surface area contributed by atoms with Crippen molar-refractivity contribution in [3.8, 4) is 0 Å². The van der Waals surface area contributed by atoms with Crippen LogP contribution in [-0.4, -0.2) is 37.1 Å². The normalized spacial score (nSPS) is 39.0. The first-order valence-corrected chi connectivity index (χ1v) is 8.46. The topological polar surface area (TPSA) is 15.3 Å². The number of nitrogens with one attached hydrogen (secondary N) is 1. The van der Waals surface area contributed by atoms with Crippen LogP contribution in [0.25, 0.3) is 0 Å². The molecule has 2 fully saturated rings. The van der Waals surface area contributed by atoms with E-state index in [4.69, 9.17) is 0 Å². The number of hydrogen-bond donors (Lipinski definition) is 1. The smallest absolute Gasteiger partial charge is 0.0249 e. The quantitative estimate of drug-likeness (QED) is 0.793. The van der Waals surface area contributed by atoms with Gasteiger partial charge in [0.05, 0.1) is 0 Å². The van der Waals surface area contributed by atoms with Crippen molar-refractivity contribution in [2.75, 3.05) is 20.1 Å². The summed E-state index contributed by atoms with van der Waals surface area (Å²) in [6, 6.07) is 1.48. The molecule has 112 valence electrons. The average Bonchev–Trinajstić information content (AvgIpc) is 3.05. The lowest BCUT2D eigenvalue weighted by atomic mass is 9.76. The summed E-state index contributed by atoms with van der Waals surface area (Å²) in [4.78, 5) is 2.68. The van der Waals surface area contributed by atoms with Crippen molar-refractivity contribution in [3.63, 3.8) is 0 Å². The Morgan fingerprint density at radius 3 is 2.42 bits per heavy atom. The first-order valence-electron chi connectivity index (χ1n) is 8.46. The first kappa shape index (κ1) is 15.3. The molecule has 0 spiro atoms. The zero-order valence-corrected chi connectivity index (χ0v) is 13.7. The van der Waals surface area contributed by atoms with Gasteiger partial charge in [0.1, 0.15) is 0 Å². The maximum atomic E-state index is 3.74. The van der Waals surface area contributed by atoms with Gasteiger partial charge in [-0.05, 0) is 62.9 Å². The van der Waals surface area contributed by atoms with Crippen LogP contribution in [0, 0.1) is 23.7 Å². The molecule has 0 amide bonds. The molecule has 2 aliphatic carbocycles. The van der Waals surface area contributed by atoms with Gasteiger partial charge in [-0.15, -0.1) is 0 Å². The number of hydrogen-bond acceptors (Lipinski definition) is 2. The Morgan fingerprint density at radius 1 is 1.21 bits per heavy atom. The van der Waals surface area contributed by atoms with Crippen LogP contribution in [0.5, 0.6) is 0 Å². The molecule has 0 saturated heterocycles. The van der Waals surface area contributed by atoms with Crippen molar-refractivity contribution in [2.45, 2.75) is 65.5 Å². The zero-order valence-electron chi connectivity index (χ0n) is 13.7. The third-order valence-electron chi connectivity index (χ3n) is 5.63. The predicted molar refractivity (Wildman–Crippen MR) is 83.3 cm³/mol. The summed E-state index contributed by atoms with van der Waals surface area (Å²) in [7, 11) is 2.36. The Kier molecular flexibility index (Phi) is 5.30. The Labute approximate surface area is 120 Å². The molecule has 2 heteroatoms. The van der Waals surface area contributed by atoms with E-state index in [0.29, 0.717) is 0 Å². The lowest BCUT2D eigenvalue weighted by Crippen LogP contribution is -2.53. The molecule has 0 aromatic carbocycles. The summed E-state index contributed by atoms with van der Waals surface area (Å²) in [6.45, 7) is 11.9. The van der Waals surface area contributed by atoms with Gasteiger partial charge in [-0.1, -0.05) is 27.7 Å².